The number of ether oxygens (including phenoxy) is 2. The molecule has 0 amide bonds. The lowest BCUT2D eigenvalue weighted by Crippen LogP contribution is -2.20. The molecule has 0 aliphatic heterocycles. The Labute approximate surface area is 109 Å². The van der Waals surface area contributed by atoms with Crippen LogP contribution in [0.4, 0.5) is 0 Å². The van der Waals surface area contributed by atoms with Crippen molar-refractivity contribution in [2.75, 3.05) is 20.3 Å². The highest BCUT2D eigenvalue weighted by Crippen LogP contribution is 2.30. The van der Waals surface area contributed by atoms with Gasteiger partial charge >= 0.3 is 0 Å². The van der Waals surface area contributed by atoms with Gasteiger partial charge in [-0.3, -0.25) is 5.32 Å². The van der Waals surface area contributed by atoms with Crippen molar-refractivity contribution in [3.05, 3.63) is 23.8 Å². The highest BCUT2D eigenvalue weighted by atomic mass is 16.5. The normalized spacial score (nSPS) is 11.7. The monoisotopic (exact) mass is 248 g/mol. The first-order chi connectivity index (χ1) is 8.76. The number of nitrogens with one attached hydrogen (secondary N) is 1. The van der Waals surface area contributed by atoms with Crippen LogP contribution in [-0.2, 0) is 0 Å². The molecule has 18 heavy (non-hydrogen) atoms. The van der Waals surface area contributed by atoms with E-state index in [0.29, 0.717) is 18.1 Å². The van der Waals surface area contributed by atoms with Crippen LogP contribution in [-0.4, -0.2) is 20.3 Å². The predicted molar refractivity (Wildman–Crippen MR) is 70.8 cm³/mol. The summed E-state index contributed by atoms with van der Waals surface area (Å²) in [7, 11) is 1.60. The number of hydrogen-bond acceptors (Lipinski definition) is 4. The zero-order valence-electron chi connectivity index (χ0n) is 11.2. The van der Waals surface area contributed by atoms with Gasteiger partial charge < -0.3 is 9.47 Å². The number of hydrogen-bond donors (Lipinski definition) is 1. The summed E-state index contributed by atoms with van der Waals surface area (Å²) < 4.78 is 10.7. The molecule has 1 atom stereocenters. The van der Waals surface area contributed by atoms with Crippen molar-refractivity contribution >= 4 is 0 Å². The molecule has 1 N–H and O–H groups in total. The molecule has 0 heterocycles. The highest BCUT2D eigenvalue weighted by Gasteiger charge is 2.12. The average molecular weight is 248 g/mol. The molecule has 0 spiro atoms. The Balaban J connectivity index is 2.92. The Morgan fingerprint density at radius 2 is 2.11 bits per heavy atom. The third kappa shape index (κ3) is 3.64. The minimum absolute atomic E-state index is 0.311. The molecule has 0 saturated carbocycles. The van der Waals surface area contributed by atoms with E-state index in [-0.39, 0.29) is 6.04 Å². The zero-order chi connectivity index (χ0) is 13.4. The van der Waals surface area contributed by atoms with Gasteiger partial charge in [-0.25, -0.2) is 0 Å². The Kier molecular flexibility index (Phi) is 6.03. The third-order valence-electron chi connectivity index (χ3n) is 2.55. The maximum Gasteiger partial charge on any atom is 0.161 e. The standard InChI is InChI=1S/C14H20N2O2/c1-4-8-16-12(10-15)11-6-7-13(18-5-2)14(9-11)17-3/h6-7,9,12,16H,4-5,8H2,1-3H3. The molecular weight excluding hydrogens is 228 g/mol. The van der Waals surface area contributed by atoms with Crippen molar-refractivity contribution in [2.45, 2.75) is 26.3 Å². The molecule has 4 nitrogen and oxygen atoms in total. The molecule has 1 unspecified atom stereocenters. The van der Waals surface area contributed by atoms with Gasteiger partial charge in [0, 0.05) is 0 Å². The van der Waals surface area contributed by atoms with Crippen molar-refractivity contribution in [1.82, 2.24) is 5.32 Å². The van der Waals surface area contributed by atoms with E-state index in [4.69, 9.17) is 14.7 Å². The van der Waals surface area contributed by atoms with Crippen LogP contribution < -0.4 is 14.8 Å². The minimum Gasteiger partial charge on any atom is -0.493 e. The summed E-state index contributed by atoms with van der Waals surface area (Å²) in [5, 5.41) is 12.3. The van der Waals surface area contributed by atoms with E-state index in [1.165, 1.54) is 0 Å². The molecule has 98 valence electrons. The first kappa shape index (κ1) is 14.3. The van der Waals surface area contributed by atoms with Crippen molar-refractivity contribution in [1.29, 1.82) is 5.26 Å². The Hall–Kier alpha value is -1.73. The fourth-order valence-corrected chi connectivity index (χ4v) is 1.67. The van der Waals surface area contributed by atoms with Crippen molar-refractivity contribution in [3.63, 3.8) is 0 Å². The lowest BCUT2D eigenvalue weighted by molar-refractivity contribution is 0.310. The molecule has 1 aromatic carbocycles. The molecule has 0 aromatic heterocycles. The van der Waals surface area contributed by atoms with E-state index in [9.17, 15) is 0 Å². The van der Waals surface area contributed by atoms with Gasteiger partial charge in [0.2, 0.25) is 0 Å². The molecule has 0 radical (unpaired) electrons. The van der Waals surface area contributed by atoms with E-state index < -0.39 is 0 Å². The van der Waals surface area contributed by atoms with Gasteiger partial charge in [0.25, 0.3) is 0 Å². The number of rotatable bonds is 7. The van der Waals surface area contributed by atoms with Crippen molar-refractivity contribution < 1.29 is 9.47 Å². The van der Waals surface area contributed by atoms with E-state index >= 15 is 0 Å². The molecular formula is C14H20N2O2. The van der Waals surface area contributed by atoms with Gasteiger partial charge in [0.15, 0.2) is 11.5 Å². The smallest absolute Gasteiger partial charge is 0.161 e. The van der Waals surface area contributed by atoms with Gasteiger partial charge in [0.05, 0.1) is 19.8 Å². The van der Waals surface area contributed by atoms with Gasteiger partial charge in [-0.15, -0.1) is 0 Å². The Morgan fingerprint density at radius 3 is 2.67 bits per heavy atom. The summed E-state index contributed by atoms with van der Waals surface area (Å²) in [5.41, 5.74) is 0.895. The molecule has 1 aromatic rings. The van der Waals surface area contributed by atoms with Crippen LogP contribution >= 0.6 is 0 Å². The Bertz CT molecular complexity index is 413. The van der Waals surface area contributed by atoms with Gasteiger partial charge in [-0.1, -0.05) is 13.0 Å². The van der Waals surface area contributed by atoms with Crippen LogP contribution in [0.3, 0.4) is 0 Å². The number of benzene rings is 1. The Morgan fingerprint density at radius 1 is 1.33 bits per heavy atom. The second kappa shape index (κ2) is 7.57. The fraction of sp³-hybridized carbons (Fsp3) is 0.500. The van der Waals surface area contributed by atoms with E-state index in [2.05, 4.69) is 18.3 Å². The molecule has 0 saturated heterocycles. The van der Waals surface area contributed by atoms with Gasteiger partial charge in [-0.2, -0.15) is 5.26 Å². The summed E-state index contributed by atoms with van der Waals surface area (Å²) >= 11 is 0. The lowest BCUT2D eigenvalue weighted by Gasteiger charge is -2.14. The number of nitriles is 1. The second-order valence-electron chi connectivity index (χ2n) is 3.86. The largest absolute Gasteiger partial charge is 0.493 e. The maximum absolute atomic E-state index is 9.16. The predicted octanol–water partition coefficient (Wildman–Crippen LogP) is 2.66. The molecule has 0 fully saturated rings. The van der Waals surface area contributed by atoms with Crippen LogP contribution in [0.25, 0.3) is 0 Å². The van der Waals surface area contributed by atoms with Crippen LogP contribution in [0.15, 0.2) is 18.2 Å². The van der Waals surface area contributed by atoms with Gasteiger partial charge in [-0.05, 0) is 37.6 Å². The molecule has 1 rings (SSSR count). The summed E-state index contributed by atoms with van der Waals surface area (Å²) in [6, 6.07) is 7.52. The van der Waals surface area contributed by atoms with Crippen LogP contribution in [0.2, 0.25) is 0 Å². The molecule has 0 bridgehead atoms. The summed E-state index contributed by atoms with van der Waals surface area (Å²) in [6.45, 7) is 5.40. The first-order valence-corrected chi connectivity index (χ1v) is 6.20. The molecule has 4 heteroatoms. The quantitative estimate of drug-likeness (QED) is 0.806. The number of methoxy groups -OCH3 is 1. The van der Waals surface area contributed by atoms with Crippen LogP contribution in [0.1, 0.15) is 31.9 Å². The summed E-state index contributed by atoms with van der Waals surface area (Å²) in [4.78, 5) is 0. The zero-order valence-corrected chi connectivity index (χ0v) is 11.2. The molecule has 0 aliphatic rings. The first-order valence-electron chi connectivity index (χ1n) is 6.20. The number of nitrogens with zero attached hydrogens (tertiary/aromatic N) is 1. The second-order valence-corrected chi connectivity index (χ2v) is 3.86. The average Bonchev–Trinajstić information content (AvgIpc) is 2.41. The molecule has 0 aliphatic carbocycles. The van der Waals surface area contributed by atoms with Crippen LogP contribution in [0.5, 0.6) is 11.5 Å². The summed E-state index contributed by atoms with van der Waals surface area (Å²) in [5.74, 6) is 1.36. The minimum atomic E-state index is -0.311. The lowest BCUT2D eigenvalue weighted by atomic mass is 10.1. The van der Waals surface area contributed by atoms with E-state index in [1.54, 1.807) is 7.11 Å². The topological polar surface area (TPSA) is 54.3 Å². The summed E-state index contributed by atoms with van der Waals surface area (Å²) in [6.07, 6.45) is 0.992. The van der Waals surface area contributed by atoms with Crippen molar-refractivity contribution in [2.24, 2.45) is 0 Å². The van der Waals surface area contributed by atoms with E-state index in [0.717, 1.165) is 18.5 Å². The van der Waals surface area contributed by atoms with Crippen molar-refractivity contribution in [3.8, 4) is 17.6 Å². The fourth-order valence-electron chi connectivity index (χ4n) is 1.67. The SMILES string of the molecule is CCCNC(C#N)c1ccc(OCC)c(OC)c1. The van der Waals surface area contributed by atoms with Crippen LogP contribution in [0, 0.1) is 11.3 Å². The third-order valence-corrected chi connectivity index (χ3v) is 2.55. The van der Waals surface area contributed by atoms with Gasteiger partial charge in [0.1, 0.15) is 6.04 Å². The van der Waals surface area contributed by atoms with E-state index in [1.807, 2.05) is 25.1 Å². The highest BCUT2D eigenvalue weighted by molar-refractivity contribution is 5.44. The maximum atomic E-state index is 9.16.